The minimum atomic E-state index is -0.461. The van der Waals surface area contributed by atoms with Gasteiger partial charge in [-0.05, 0) is 49.7 Å². The third-order valence-corrected chi connectivity index (χ3v) is 5.95. The van der Waals surface area contributed by atoms with Crippen LogP contribution in [0.2, 0.25) is 0 Å². The molecule has 3 heterocycles. The minimum absolute atomic E-state index is 0.0197. The fraction of sp³-hybridized carbons (Fsp3) is 0.333. The first kappa shape index (κ1) is 21.1. The van der Waals surface area contributed by atoms with Crippen LogP contribution < -0.4 is 10.5 Å². The normalized spacial score (nSPS) is 15.8. The first-order chi connectivity index (χ1) is 15.0. The number of anilines is 1. The van der Waals surface area contributed by atoms with Crippen LogP contribution in [0.4, 0.5) is 10.2 Å². The van der Waals surface area contributed by atoms with Crippen LogP contribution in [0.15, 0.2) is 59.5 Å². The number of benzene rings is 1. The lowest BCUT2D eigenvalue weighted by Crippen LogP contribution is -2.49. The van der Waals surface area contributed by atoms with E-state index >= 15 is 0 Å². The topological polar surface area (TPSA) is 61.6 Å². The molecule has 1 fully saturated rings. The van der Waals surface area contributed by atoms with E-state index in [1.54, 1.807) is 29.0 Å². The molecule has 0 unspecified atom stereocenters. The van der Waals surface area contributed by atoms with Gasteiger partial charge in [0.1, 0.15) is 17.4 Å². The molecule has 1 N–H and O–H groups in total. The van der Waals surface area contributed by atoms with Crippen LogP contribution in [0.1, 0.15) is 29.8 Å². The Morgan fingerprint density at radius 2 is 1.81 bits per heavy atom. The van der Waals surface area contributed by atoms with Gasteiger partial charge in [0.2, 0.25) is 0 Å². The van der Waals surface area contributed by atoms with Crippen molar-refractivity contribution in [3.05, 3.63) is 87.7 Å². The molecule has 0 bridgehead atoms. The lowest BCUT2D eigenvalue weighted by atomic mass is 9.96. The number of aryl methyl sites for hydroxylation is 1. The van der Waals surface area contributed by atoms with E-state index in [9.17, 15) is 14.3 Å². The molecule has 0 radical (unpaired) electrons. The Labute approximate surface area is 181 Å². The molecular formula is C24H27FN4O2. The van der Waals surface area contributed by atoms with E-state index in [4.69, 9.17) is 0 Å². The number of nitrogens with zero attached hydrogens (tertiary/aromatic N) is 4. The number of pyridine rings is 2. The summed E-state index contributed by atoms with van der Waals surface area (Å²) >= 11 is 0. The van der Waals surface area contributed by atoms with Gasteiger partial charge in [0.05, 0.1) is 11.6 Å². The van der Waals surface area contributed by atoms with Gasteiger partial charge >= 0.3 is 0 Å². The predicted molar refractivity (Wildman–Crippen MR) is 119 cm³/mol. The van der Waals surface area contributed by atoms with Crippen molar-refractivity contribution >= 4 is 5.82 Å². The van der Waals surface area contributed by atoms with E-state index in [-0.39, 0.29) is 17.1 Å². The Kier molecular flexibility index (Phi) is 6.04. The lowest BCUT2D eigenvalue weighted by molar-refractivity contribution is 0.207. The Hall–Kier alpha value is -3.19. The SMILES string of the molecule is CCn1c(C)cc(O)c([C@H](c2ccc(F)cc2)N2CCN(c3ccccn3)CC2)c1=O. The molecular weight excluding hydrogens is 395 g/mol. The van der Waals surface area contributed by atoms with Crippen molar-refractivity contribution in [1.29, 1.82) is 0 Å². The number of rotatable bonds is 5. The lowest BCUT2D eigenvalue weighted by Gasteiger charge is -2.40. The van der Waals surface area contributed by atoms with Crippen LogP contribution in [0.5, 0.6) is 5.75 Å². The summed E-state index contributed by atoms with van der Waals surface area (Å²) in [5, 5.41) is 10.8. The zero-order valence-electron chi connectivity index (χ0n) is 17.8. The van der Waals surface area contributed by atoms with E-state index < -0.39 is 6.04 Å². The molecule has 2 aromatic heterocycles. The van der Waals surface area contributed by atoms with Crippen molar-refractivity contribution in [3.63, 3.8) is 0 Å². The highest BCUT2D eigenvalue weighted by Crippen LogP contribution is 2.33. The summed E-state index contributed by atoms with van der Waals surface area (Å²) in [4.78, 5) is 22.1. The maximum absolute atomic E-state index is 13.6. The Morgan fingerprint density at radius 3 is 2.42 bits per heavy atom. The van der Waals surface area contributed by atoms with Crippen molar-refractivity contribution < 1.29 is 9.50 Å². The van der Waals surface area contributed by atoms with Gasteiger partial charge in [-0.3, -0.25) is 9.69 Å². The first-order valence-corrected chi connectivity index (χ1v) is 10.6. The molecule has 0 aliphatic carbocycles. The maximum Gasteiger partial charge on any atom is 0.259 e. The van der Waals surface area contributed by atoms with Gasteiger partial charge in [0.15, 0.2) is 0 Å². The molecule has 1 aliphatic heterocycles. The van der Waals surface area contributed by atoms with Gasteiger partial charge in [0, 0.05) is 44.6 Å². The smallest absolute Gasteiger partial charge is 0.259 e. The van der Waals surface area contributed by atoms with Crippen molar-refractivity contribution in [2.45, 2.75) is 26.4 Å². The molecule has 162 valence electrons. The average molecular weight is 423 g/mol. The average Bonchev–Trinajstić information content (AvgIpc) is 2.78. The molecule has 6 nitrogen and oxygen atoms in total. The fourth-order valence-corrected chi connectivity index (χ4v) is 4.37. The van der Waals surface area contributed by atoms with Crippen molar-refractivity contribution in [2.24, 2.45) is 0 Å². The number of halogens is 1. The summed E-state index contributed by atoms with van der Waals surface area (Å²) in [5.41, 5.74) is 1.63. The molecule has 0 saturated carbocycles. The highest BCUT2D eigenvalue weighted by Gasteiger charge is 2.31. The number of piperazine rings is 1. The zero-order chi connectivity index (χ0) is 22.0. The summed E-state index contributed by atoms with van der Waals surface area (Å²) in [7, 11) is 0. The van der Waals surface area contributed by atoms with E-state index in [0.717, 1.165) is 24.5 Å². The van der Waals surface area contributed by atoms with Crippen LogP contribution in [0.25, 0.3) is 0 Å². The second kappa shape index (κ2) is 8.89. The summed E-state index contributed by atoms with van der Waals surface area (Å²) in [6, 6.07) is 13.2. The van der Waals surface area contributed by atoms with Crippen LogP contribution in [0.3, 0.4) is 0 Å². The zero-order valence-corrected chi connectivity index (χ0v) is 17.8. The number of aromatic hydroxyl groups is 1. The van der Waals surface area contributed by atoms with E-state index in [0.29, 0.717) is 30.9 Å². The number of aromatic nitrogens is 2. The molecule has 1 aromatic carbocycles. The first-order valence-electron chi connectivity index (χ1n) is 10.6. The van der Waals surface area contributed by atoms with E-state index in [2.05, 4.69) is 14.8 Å². The third-order valence-electron chi connectivity index (χ3n) is 5.95. The van der Waals surface area contributed by atoms with Gasteiger partial charge in [0.25, 0.3) is 5.56 Å². The van der Waals surface area contributed by atoms with Crippen molar-refractivity contribution in [3.8, 4) is 5.75 Å². The highest BCUT2D eigenvalue weighted by molar-refractivity contribution is 5.42. The summed E-state index contributed by atoms with van der Waals surface area (Å²) in [6.07, 6.45) is 1.78. The summed E-state index contributed by atoms with van der Waals surface area (Å²) in [5.74, 6) is 0.572. The molecule has 4 rings (SSSR count). The largest absolute Gasteiger partial charge is 0.507 e. The maximum atomic E-state index is 13.6. The van der Waals surface area contributed by atoms with Gasteiger partial charge < -0.3 is 14.6 Å². The molecule has 0 spiro atoms. The van der Waals surface area contributed by atoms with Gasteiger partial charge in [-0.2, -0.15) is 0 Å². The van der Waals surface area contributed by atoms with Gasteiger partial charge in [-0.1, -0.05) is 18.2 Å². The van der Waals surface area contributed by atoms with Crippen LogP contribution >= 0.6 is 0 Å². The molecule has 31 heavy (non-hydrogen) atoms. The number of hydrogen-bond acceptors (Lipinski definition) is 5. The van der Waals surface area contributed by atoms with Crippen molar-refractivity contribution in [1.82, 2.24) is 14.5 Å². The van der Waals surface area contributed by atoms with Gasteiger partial charge in [-0.25, -0.2) is 9.37 Å². The van der Waals surface area contributed by atoms with Crippen LogP contribution in [-0.2, 0) is 6.54 Å². The monoisotopic (exact) mass is 422 g/mol. The highest BCUT2D eigenvalue weighted by atomic mass is 19.1. The van der Waals surface area contributed by atoms with Gasteiger partial charge in [-0.15, -0.1) is 0 Å². The standard InChI is InChI=1S/C24H27FN4O2/c1-3-29-17(2)16-20(30)22(24(29)31)23(18-7-9-19(25)10-8-18)28-14-12-27(13-15-28)21-6-4-5-11-26-21/h4-11,16,23,30H,3,12-15H2,1-2H3/t23-/m0/s1. The Morgan fingerprint density at radius 1 is 1.10 bits per heavy atom. The molecule has 1 atom stereocenters. The summed E-state index contributed by atoms with van der Waals surface area (Å²) in [6.45, 7) is 7.07. The molecule has 3 aromatic rings. The predicted octanol–water partition coefficient (Wildman–Crippen LogP) is 3.33. The number of hydrogen-bond donors (Lipinski definition) is 1. The fourth-order valence-electron chi connectivity index (χ4n) is 4.37. The van der Waals surface area contributed by atoms with E-state index in [1.165, 1.54) is 12.1 Å². The summed E-state index contributed by atoms with van der Waals surface area (Å²) < 4.78 is 15.3. The van der Waals surface area contributed by atoms with E-state index in [1.807, 2.05) is 32.0 Å². The second-order valence-corrected chi connectivity index (χ2v) is 7.80. The Balaban J connectivity index is 1.72. The molecule has 0 amide bonds. The second-order valence-electron chi connectivity index (χ2n) is 7.80. The Bertz CT molecular complexity index is 1090. The molecule has 1 saturated heterocycles. The third kappa shape index (κ3) is 4.18. The van der Waals surface area contributed by atoms with Crippen LogP contribution in [0, 0.1) is 12.7 Å². The minimum Gasteiger partial charge on any atom is -0.507 e. The van der Waals surface area contributed by atoms with Crippen molar-refractivity contribution in [2.75, 3.05) is 31.1 Å². The van der Waals surface area contributed by atoms with Crippen LogP contribution in [-0.4, -0.2) is 45.7 Å². The quantitative estimate of drug-likeness (QED) is 0.684. The molecule has 7 heteroatoms. The molecule has 1 aliphatic rings.